The van der Waals surface area contributed by atoms with E-state index in [1.165, 1.54) is 6.07 Å². The molecule has 0 aromatic heterocycles. The van der Waals surface area contributed by atoms with Gasteiger partial charge in [-0.2, -0.15) is 13.2 Å². The van der Waals surface area contributed by atoms with Gasteiger partial charge in [0.05, 0.1) is 5.56 Å². The number of alkyl halides is 3. The first-order valence-corrected chi connectivity index (χ1v) is 5.69. The van der Waals surface area contributed by atoms with Crippen LogP contribution in [-0.4, -0.2) is 0 Å². The first kappa shape index (κ1) is 12.0. The van der Waals surface area contributed by atoms with E-state index in [9.17, 15) is 13.2 Å². The van der Waals surface area contributed by atoms with Gasteiger partial charge in [-0.25, -0.2) is 0 Å². The minimum atomic E-state index is -4.28. The van der Waals surface area contributed by atoms with Gasteiger partial charge in [0.1, 0.15) is 0 Å². The molecule has 0 amide bonds. The molecule has 1 aliphatic rings. The molecule has 1 aromatic rings. The maximum Gasteiger partial charge on any atom is 0.416 e. The summed E-state index contributed by atoms with van der Waals surface area (Å²) in [6, 6.07) is 5.31. The summed E-state index contributed by atoms with van der Waals surface area (Å²) in [5.74, 6) is 0. The number of hydrogen-bond acceptors (Lipinski definition) is 1. The predicted octanol–water partition coefficient (Wildman–Crippen LogP) is 4.58. The summed E-state index contributed by atoms with van der Waals surface area (Å²) >= 11 is 0. The lowest BCUT2D eigenvalue weighted by Gasteiger charge is -2.16. The van der Waals surface area contributed by atoms with E-state index in [1.54, 1.807) is 6.07 Å². The number of hydrogen-bond donors (Lipinski definition) is 1. The first-order valence-electron chi connectivity index (χ1n) is 5.69. The van der Waals surface area contributed by atoms with E-state index in [1.807, 2.05) is 0 Å². The minimum Gasteiger partial charge on any atom is -0.359 e. The molecule has 0 heterocycles. The third kappa shape index (κ3) is 3.25. The summed E-state index contributed by atoms with van der Waals surface area (Å²) in [6.07, 6.45) is 1.95. The Bertz CT molecular complexity index is 421. The normalized spacial score (nSPS) is 16.5. The largest absolute Gasteiger partial charge is 0.416 e. The van der Waals surface area contributed by atoms with Crippen LogP contribution < -0.4 is 5.32 Å². The van der Waals surface area contributed by atoms with E-state index < -0.39 is 11.7 Å². The van der Waals surface area contributed by atoms with Crippen LogP contribution in [-0.2, 0) is 6.18 Å². The fourth-order valence-electron chi connectivity index (χ4n) is 1.91. The molecule has 0 unspecified atom stereocenters. The van der Waals surface area contributed by atoms with Crippen LogP contribution in [0.15, 0.2) is 36.0 Å². The summed E-state index contributed by atoms with van der Waals surface area (Å²) in [5.41, 5.74) is 0.919. The molecule has 4 heteroatoms. The van der Waals surface area contributed by atoms with Crippen molar-refractivity contribution in [1.82, 2.24) is 0 Å². The van der Waals surface area contributed by atoms with Crippen LogP contribution in [0.5, 0.6) is 0 Å². The zero-order valence-electron chi connectivity index (χ0n) is 9.35. The van der Waals surface area contributed by atoms with Gasteiger partial charge in [0.15, 0.2) is 0 Å². The molecular formula is C13H14F3N. The lowest BCUT2D eigenvalue weighted by molar-refractivity contribution is -0.137. The van der Waals surface area contributed by atoms with E-state index in [2.05, 4.69) is 11.4 Å². The highest BCUT2D eigenvalue weighted by molar-refractivity contribution is 5.50. The van der Waals surface area contributed by atoms with Crippen molar-refractivity contribution >= 4 is 5.69 Å². The van der Waals surface area contributed by atoms with Gasteiger partial charge in [0.25, 0.3) is 0 Å². The number of nitrogens with one attached hydrogen (secondary N) is 1. The molecule has 2 rings (SSSR count). The van der Waals surface area contributed by atoms with Crippen LogP contribution in [0.1, 0.15) is 31.2 Å². The van der Waals surface area contributed by atoms with Gasteiger partial charge in [0, 0.05) is 11.4 Å². The molecule has 0 spiro atoms. The Morgan fingerprint density at radius 2 is 1.94 bits per heavy atom. The van der Waals surface area contributed by atoms with Gasteiger partial charge in [-0.3, -0.25) is 0 Å². The summed E-state index contributed by atoms with van der Waals surface area (Å²) in [4.78, 5) is 0. The van der Waals surface area contributed by atoms with Crippen LogP contribution in [0.3, 0.4) is 0 Å². The molecule has 92 valence electrons. The Labute approximate surface area is 98.3 Å². The highest BCUT2D eigenvalue weighted by Crippen LogP contribution is 2.31. The van der Waals surface area contributed by atoms with Gasteiger partial charge < -0.3 is 5.32 Å². The van der Waals surface area contributed by atoms with Crippen LogP contribution >= 0.6 is 0 Å². The van der Waals surface area contributed by atoms with E-state index in [-0.39, 0.29) is 0 Å². The molecule has 0 aliphatic heterocycles. The maximum atomic E-state index is 12.5. The van der Waals surface area contributed by atoms with Crippen LogP contribution in [0.2, 0.25) is 0 Å². The lowest BCUT2D eigenvalue weighted by Crippen LogP contribution is -2.07. The highest BCUT2D eigenvalue weighted by atomic mass is 19.4. The van der Waals surface area contributed by atoms with Gasteiger partial charge >= 0.3 is 6.18 Å². The molecule has 1 aliphatic carbocycles. The zero-order valence-corrected chi connectivity index (χ0v) is 9.35. The molecule has 1 nitrogen and oxygen atoms in total. The molecular weight excluding hydrogens is 227 g/mol. The number of benzene rings is 1. The van der Waals surface area contributed by atoms with Crippen molar-refractivity contribution in [3.63, 3.8) is 0 Å². The van der Waals surface area contributed by atoms with Crippen molar-refractivity contribution in [3.8, 4) is 0 Å². The average molecular weight is 241 g/mol. The molecule has 0 saturated heterocycles. The molecule has 0 saturated carbocycles. The molecule has 0 fully saturated rings. The quantitative estimate of drug-likeness (QED) is 0.799. The van der Waals surface area contributed by atoms with Crippen LogP contribution in [0.25, 0.3) is 0 Å². The standard InChI is InChI=1S/C13H14F3N/c14-13(15,16)10-5-4-8-12(9-10)17-11-6-2-1-3-7-11/h4-6,8-9,17H,1-3,7H2. The second kappa shape index (κ2) is 4.82. The fourth-order valence-corrected chi connectivity index (χ4v) is 1.91. The summed E-state index contributed by atoms with van der Waals surface area (Å²) < 4.78 is 37.5. The van der Waals surface area contributed by atoms with E-state index in [0.717, 1.165) is 43.5 Å². The summed E-state index contributed by atoms with van der Waals surface area (Å²) in [6.45, 7) is 0. The Morgan fingerprint density at radius 1 is 1.12 bits per heavy atom. The molecule has 0 atom stereocenters. The smallest absolute Gasteiger partial charge is 0.359 e. The van der Waals surface area contributed by atoms with Crippen molar-refractivity contribution in [2.75, 3.05) is 5.32 Å². The number of anilines is 1. The van der Waals surface area contributed by atoms with Gasteiger partial charge in [-0.15, -0.1) is 0 Å². The van der Waals surface area contributed by atoms with Crippen molar-refractivity contribution in [2.45, 2.75) is 31.9 Å². The minimum absolute atomic E-state index is 0.507. The second-order valence-electron chi connectivity index (χ2n) is 4.18. The SMILES string of the molecule is FC(F)(F)c1cccc(NC2=CCCCC2)c1. The topological polar surface area (TPSA) is 12.0 Å². The maximum absolute atomic E-state index is 12.5. The Balaban J connectivity index is 2.14. The summed E-state index contributed by atoms with van der Waals surface area (Å²) in [7, 11) is 0. The molecule has 0 radical (unpaired) electrons. The summed E-state index contributed by atoms with van der Waals surface area (Å²) in [5, 5.41) is 3.05. The molecule has 1 N–H and O–H groups in total. The molecule has 1 aromatic carbocycles. The number of allylic oxidation sites excluding steroid dienone is 2. The Morgan fingerprint density at radius 3 is 2.59 bits per heavy atom. The second-order valence-corrected chi connectivity index (χ2v) is 4.18. The van der Waals surface area contributed by atoms with E-state index >= 15 is 0 Å². The molecule has 17 heavy (non-hydrogen) atoms. The Kier molecular flexibility index (Phi) is 3.41. The van der Waals surface area contributed by atoms with Gasteiger partial charge in [-0.1, -0.05) is 12.1 Å². The van der Waals surface area contributed by atoms with Crippen molar-refractivity contribution in [2.24, 2.45) is 0 Å². The van der Waals surface area contributed by atoms with E-state index in [4.69, 9.17) is 0 Å². The number of halogens is 3. The Hall–Kier alpha value is -1.45. The third-order valence-electron chi connectivity index (χ3n) is 2.79. The fraction of sp³-hybridized carbons (Fsp3) is 0.385. The van der Waals surface area contributed by atoms with Crippen LogP contribution in [0, 0.1) is 0 Å². The lowest BCUT2D eigenvalue weighted by atomic mass is 10.0. The van der Waals surface area contributed by atoms with Gasteiger partial charge in [0.2, 0.25) is 0 Å². The average Bonchev–Trinajstić information content (AvgIpc) is 2.29. The molecule has 0 bridgehead atoms. The van der Waals surface area contributed by atoms with Crippen molar-refractivity contribution in [3.05, 3.63) is 41.6 Å². The monoisotopic (exact) mass is 241 g/mol. The number of rotatable bonds is 2. The highest BCUT2D eigenvalue weighted by Gasteiger charge is 2.30. The predicted molar refractivity (Wildman–Crippen MR) is 61.6 cm³/mol. The first-order chi connectivity index (χ1) is 8.05. The van der Waals surface area contributed by atoms with Crippen molar-refractivity contribution < 1.29 is 13.2 Å². The van der Waals surface area contributed by atoms with E-state index in [0.29, 0.717) is 5.69 Å². The van der Waals surface area contributed by atoms with Crippen molar-refractivity contribution in [1.29, 1.82) is 0 Å². The third-order valence-corrected chi connectivity index (χ3v) is 2.79. The van der Waals surface area contributed by atoms with Crippen LogP contribution in [0.4, 0.5) is 18.9 Å². The van der Waals surface area contributed by atoms with Gasteiger partial charge in [-0.05, 0) is 43.9 Å². The zero-order chi connectivity index (χ0) is 12.3.